The van der Waals surface area contributed by atoms with Crippen LogP contribution < -0.4 is 0 Å². The Bertz CT molecular complexity index is 148. The summed E-state index contributed by atoms with van der Waals surface area (Å²) in [5, 5.41) is 8.12. The highest BCUT2D eigenvalue weighted by Crippen LogP contribution is 2.02. The van der Waals surface area contributed by atoms with Gasteiger partial charge >= 0.3 is 5.97 Å². The molecular weight excluding hydrogens is 135 g/mol. The van der Waals surface area contributed by atoms with Gasteiger partial charge in [-0.05, 0) is 12.8 Å². The van der Waals surface area contributed by atoms with E-state index in [0.29, 0.717) is 6.42 Å². The van der Waals surface area contributed by atoms with Gasteiger partial charge in [0.2, 0.25) is 0 Å². The van der Waals surface area contributed by atoms with Crippen molar-refractivity contribution >= 4 is 5.97 Å². The van der Waals surface area contributed by atoms with Crippen LogP contribution in [0.2, 0.25) is 0 Å². The Kier molecular flexibility index (Phi) is 4.30. The van der Waals surface area contributed by atoms with Gasteiger partial charge in [0.15, 0.2) is 6.17 Å². The Hall–Kier alpha value is -1.04. The molecule has 0 aliphatic rings. The van der Waals surface area contributed by atoms with E-state index < -0.39 is 12.1 Å². The van der Waals surface area contributed by atoms with Crippen molar-refractivity contribution in [3.05, 3.63) is 0 Å². The van der Waals surface area contributed by atoms with E-state index in [9.17, 15) is 9.18 Å². The van der Waals surface area contributed by atoms with Crippen LogP contribution in [0.25, 0.3) is 0 Å². The molecule has 1 N–H and O–H groups in total. The summed E-state index contributed by atoms with van der Waals surface area (Å²) in [6.45, 7) is 0. The van der Waals surface area contributed by atoms with E-state index in [1.54, 1.807) is 0 Å². The zero-order valence-electron chi connectivity index (χ0n) is 5.51. The van der Waals surface area contributed by atoms with Gasteiger partial charge < -0.3 is 5.11 Å². The van der Waals surface area contributed by atoms with Gasteiger partial charge in [0.05, 0.1) is 0 Å². The zero-order chi connectivity index (χ0) is 7.98. The zero-order valence-corrected chi connectivity index (χ0v) is 5.51. The largest absolute Gasteiger partial charge is 0.481 e. The monoisotopic (exact) mass is 144 g/mol. The highest BCUT2D eigenvalue weighted by atomic mass is 19.1. The first-order valence-electron chi connectivity index (χ1n) is 2.99. The number of rotatable bonds is 4. The lowest BCUT2D eigenvalue weighted by Crippen LogP contribution is -1.99. The molecule has 0 spiro atoms. The van der Waals surface area contributed by atoms with E-state index in [0.717, 1.165) is 0 Å². The number of carboxylic acids is 1. The molecule has 10 heavy (non-hydrogen) atoms. The third kappa shape index (κ3) is 5.10. The molecule has 0 saturated heterocycles. The molecule has 3 heteroatoms. The normalized spacial score (nSPS) is 12.0. The highest BCUT2D eigenvalue weighted by molar-refractivity contribution is 5.66. The summed E-state index contributed by atoms with van der Waals surface area (Å²) in [4.78, 5) is 9.90. The van der Waals surface area contributed by atoms with Crippen molar-refractivity contribution in [3.63, 3.8) is 0 Å². The van der Waals surface area contributed by atoms with Gasteiger partial charge in [-0.15, -0.1) is 6.42 Å². The number of halogens is 1. The Morgan fingerprint density at radius 2 is 2.40 bits per heavy atom. The van der Waals surface area contributed by atoms with Crippen molar-refractivity contribution in [1.29, 1.82) is 0 Å². The SMILES string of the molecule is C#CC(F)CCCC(=O)O. The average Bonchev–Trinajstić information content (AvgIpc) is 1.87. The van der Waals surface area contributed by atoms with Crippen LogP contribution in [0.5, 0.6) is 0 Å². The maximum atomic E-state index is 12.2. The molecule has 0 heterocycles. The van der Waals surface area contributed by atoms with E-state index in [4.69, 9.17) is 11.5 Å². The molecule has 0 aromatic rings. The first-order valence-corrected chi connectivity index (χ1v) is 2.99. The van der Waals surface area contributed by atoms with Gasteiger partial charge in [0.25, 0.3) is 0 Å². The van der Waals surface area contributed by atoms with Crippen LogP contribution in [0.4, 0.5) is 4.39 Å². The maximum absolute atomic E-state index is 12.2. The van der Waals surface area contributed by atoms with Crippen molar-refractivity contribution in [1.82, 2.24) is 0 Å². The van der Waals surface area contributed by atoms with E-state index in [1.807, 2.05) is 5.92 Å². The van der Waals surface area contributed by atoms with Crippen LogP contribution in [-0.2, 0) is 4.79 Å². The summed E-state index contributed by atoms with van der Waals surface area (Å²) >= 11 is 0. The summed E-state index contributed by atoms with van der Waals surface area (Å²) in [6, 6.07) is 0. The molecule has 56 valence electrons. The van der Waals surface area contributed by atoms with Crippen molar-refractivity contribution in [3.8, 4) is 12.3 Å². The van der Waals surface area contributed by atoms with Crippen LogP contribution in [-0.4, -0.2) is 17.2 Å². The predicted octanol–water partition coefficient (Wildman–Crippen LogP) is 1.21. The van der Waals surface area contributed by atoms with Gasteiger partial charge in [-0.3, -0.25) is 4.79 Å². The van der Waals surface area contributed by atoms with Crippen molar-refractivity contribution < 1.29 is 14.3 Å². The van der Waals surface area contributed by atoms with Gasteiger partial charge in [-0.25, -0.2) is 4.39 Å². The second kappa shape index (κ2) is 4.80. The van der Waals surface area contributed by atoms with Crippen LogP contribution in [0.1, 0.15) is 19.3 Å². The van der Waals surface area contributed by atoms with Gasteiger partial charge in [-0.1, -0.05) is 5.92 Å². The molecule has 1 atom stereocenters. The summed E-state index contributed by atoms with van der Waals surface area (Å²) in [6.07, 6.45) is 3.86. The summed E-state index contributed by atoms with van der Waals surface area (Å²) in [7, 11) is 0. The Morgan fingerprint density at radius 3 is 2.80 bits per heavy atom. The summed E-state index contributed by atoms with van der Waals surface area (Å²) in [5.74, 6) is 0.966. The van der Waals surface area contributed by atoms with E-state index >= 15 is 0 Å². The Morgan fingerprint density at radius 1 is 1.80 bits per heavy atom. The molecule has 0 aromatic carbocycles. The molecule has 0 aliphatic carbocycles. The molecule has 0 aromatic heterocycles. The Balaban J connectivity index is 3.22. The lowest BCUT2D eigenvalue weighted by Gasteiger charge is -1.96. The van der Waals surface area contributed by atoms with Crippen LogP contribution >= 0.6 is 0 Å². The topological polar surface area (TPSA) is 37.3 Å². The molecule has 0 amide bonds. The van der Waals surface area contributed by atoms with Gasteiger partial charge in [0, 0.05) is 6.42 Å². The molecule has 1 unspecified atom stereocenters. The smallest absolute Gasteiger partial charge is 0.303 e. The number of hydrogen-bond acceptors (Lipinski definition) is 1. The van der Waals surface area contributed by atoms with Crippen LogP contribution in [0.3, 0.4) is 0 Å². The molecule has 0 radical (unpaired) electrons. The number of aliphatic carboxylic acids is 1. The third-order valence-corrected chi connectivity index (χ3v) is 1.03. The molecule has 0 rings (SSSR count). The first-order chi connectivity index (χ1) is 4.66. The number of carboxylic acid groups (broad SMARTS) is 1. The lowest BCUT2D eigenvalue weighted by molar-refractivity contribution is -0.137. The fourth-order valence-corrected chi connectivity index (χ4v) is 0.516. The maximum Gasteiger partial charge on any atom is 0.303 e. The lowest BCUT2D eigenvalue weighted by atomic mass is 10.2. The van der Waals surface area contributed by atoms with Gasteiger partial charge in [-0.2, -0.15) is 0 Å². The minimum atomic E-state index is -1.29. The van der Waals surface area contributed by atoms with Crippen molar-refractivity contribution in [2.45, 2.75) is 25.4 Å². The fourth-order valence-electron chi connectivity index (χ4n) is 0.516. The number of terminal acetylenes is 1. The minimum Gasteiger partial charge on any atom is -0.481 e. The average molecular weight is 144 g/mol. The third-order valence-electron chi connectivity index (χ3n) is 1.03. The Labute approximate surface area is 59.0 Å². The molecule has 2 nitrogen and oxygen atoms in total. The molecule has 0 saturated carbocycles. The van der Waals surface area contributed by atoms with Gasteiger partial charge in [0.1, 0.15) is 0 Å². The number of hydrogen-bond donors (Lipinski definition) is 1. The van der Waals surface area contributed by atoms with E-state index in [2.05, 4.69) is 0 Å². The predicted molar refractivity (Wildman–Crippen MR) is 35.2 cm³/mol. The van der Waals surface area contributed by atoms with E-state index in [-0.39, 0.29) is 12.8 Å². The second-order valence-corrected chi connectivity index (χ2v) is 1.92. The number of alkyl halides is 1. The quantitative estimate of drug-likeness (QED) is 0.602. The number of carbonyl (C=O) groups is 1. The minimum absolute atomic E-state index is 0.0118. The highest BCUT2D eigenvalue weighted by Gasteiger charge is 2.02. The summed E-state index contributed by atoms with van der Waals surface area (Å²) < 4.78 is 12.2. The van der Waals surface area contributed by atoms with Crippen molar-refractivity contribution in [2.24, 2.45) is 0 Å². The standard InChI is InChI=1S/C7H9FO2/c1-2-6(8)4-3-5-7(9)10/h1,6H,3-5H2,(H,9,10). The molecule has 0 bridgehead atoms. The molecule has 0 aliphatic heterocycles. The molecular formula is C7H9FO2. The molecule has 0 fully saturated rings. The van der Waals surface area contributed by atoms with Crippen LogP contribution in [0.15, 0.2) is 0 Å². The van der Waals surface area contributed by atoms with E-state index in [1.165, 1.54) is 0 Å². The first kappa shape index (κ1) is 8.96. The fraction of sp³-hybridized carbons (Fsp3) is 0.571. The summed E-state index contributed by atoms with van der Waals surface area (Å²) in [5.41, 5.74) is 0. The van der Waals surface area contributed by atoms with Crippen molar-refractivity contribution in [2.75, 3.05) is 0 Å². The second-order valence-electron chi connectivity index (χ2n) is 1.92. The van der Waals surface area contributed by atoms with Crippen LogP contribution in [0, 0.1) is 12.3 Å².